The smallest absolute Gasteiger partial charge is 0.312 e. The second-order valence-corrected chi connectivity index (χ2v) is 7.72. The number of benzene rings is 1. The lowest BCUT2D eigenvalue weighted by Crippen LogP contribution is -2.23. The Morgan fingerprint density at radius 2 is 1.80 bits per heavy atom. The van der Waals surface area contributed by atoms with Gasteiger partial charge >= 0.3 is 5.51 Å². The molecule has 1 rings (SSSR count). The quantitative estimate of drug-likeness (QED) is 0.618. The first-order valence-electron chi connectivity index (χ1n) is 5.98. The van der Waals surface area contributed by atoms with Gasteiger partial charge in [0.2, 0.25) is 0 Å². The van der Waals surface area contributed by atoms with Crippen molar-refractivity contribution in [3.05, 3.63) is 29.8 Å². The number of halogens is 3. The standard InChI is InChI=1S/C12H16F3NO2S2/c1-2-20(17,18)8-7-16-9-10-3-5-11(6-4-10)19-12(13,14)15/h3-6,16H,2,7-9H2,1H3. The first kappa shape index (κ1) is 17.3. The van der Waals surface area contributed by atoms with E-state index in [9.17, 15) is 21.6 Å². The van der Waals surface area contributed by atoms with E-state index in [4.69, 9.17) is 0 Å². The Bertz CT molecular complexity index is 512. The number of hydrogen-bond acceptors (Lipinski definition) is 4. The van der Waals surface area contributed by atoms with Gasteiger partial charge in [-0.15, -0.1) is 0 Å². The van der Waals surface area contributed by atoms with Crippen molar-refractivity contribution in [3.63, 3.8) is 0 Å². The van der Waals surface area contributed by atoms with Crippen molar-refractivity contribution < 1.29 is 21.6 Å². The van der Waals surface area contributed by atoms with Crippen molar-refractivity contribution in [2.75, 3.05) is 18.1 Å². The second kappa shape index (κ2) is 7.33. The molecule has 0 aliphatic rings. The average Bonchev–Trinajstić information content (AvgIpc) is 2.35. The number of hydrogen-bond donors (Lipinski definition) is 1. The number of nitrogens with one attached hydrogen (secondary N) is 1. The Morgan fingerprint density at radius 3 is 2.30 bits per heavy atom. The molecule has 1 N–H and O–H groups in total. The molecule has 114 valence electrons. The van der Waals surface area contributed by atoms with Gasteiger partial charge in [-0.05, 0) is 29.5 Å². The summed E-state index contributed by atoms with van der Waals surface area (Å²) in [6, 6.07) is 5.99. The molecule has 0 aliphatic heterocycles. The van der Waals surface area contributed by atoms with Crippen LogP contribution in [-0.4, -0.2) is 32.0 Å². The Morgan fingerprint density at radius 1 is 1.20 bits per heavy atom. The fraction of sp³-hybridized carbons (Fsp3) is 0.500. The molecular weight excluding hydrogens is 311 g/mol. The van der Waals surface area contributed by atoms with Crippen LogP contribution in [0.4, 0.5) is 13.2 Å². The summed E-state index contributed by atoms with van der Waals surface area (Å²) >= 11 is -0.156. The summed E-state index contributed by atoms with van der Waals surface area (Å²) in [4.78, 5) is 0.134. The molecule has 1 aromatic rings. The fourth-order valence-corrected chi connectivity index (χ4v) is 2.70. The van der Waals surface area contributed by atoms with Crippen molar-refractivity contribution in [2.45, 2.75) is 23.9 Å². The Balaban J connectivity index is 2.39. The highest BCUT2D eigenvalue weighted by molar-refractivity contribution is 8.00. The van der Waals surface area contributed by atoms with Crippen LogP contribution in [0, 0.1) is 0 Å². The molecule has 0 spiro atoms. The Labute approximate surface area is 120 Å². The molecule has 0 fully saturated rings. The highest BCUT2D eigenvalue weighted by atomic mass is 32.2. The minimum absolute atomic E-state index is 0.0610. The predicted octanol–water partition coefficient (Wildman–Crippen LogP) is 2.82. The molecule has 1 aromatic carbocycles. The van der Waals surface area contributed by atoms with E-state index < -0.39 is 15.3 Å². The van der Waals surface area contributed by atoms with Crippen molar-refractivity contribution in [1.82, 2.24) is 5.32 Å². The number of alkyl halides is 3. The lowest BCUT2D eigenvalue weighted by atomic mass is 10.2. The summed E-state index contributed by atoms with van der Waals surface area (Å²) in [7, 11) is -2.99. The molecule has 0 bridgehead atoms. The molecule has 0 aromatic heterocycles. The molecule has 0 unspecified atom stereocenters. The Kier molecular flexibility index (Phi) is 6.35. The molecule has 0 aliphatic carbocycles. The van der Waals surface area contributed by atoms with Crippen LogP contribution in [0.1, 0.15) is 12.5 Å². The van der Waals surface area contributed by atoms with Gasteiger partial charge in [-0.2, -0.15) is 13.2 Å². The van der Waals surface area contributed by atoms with E-state index in [-0.39, 0.29) is 28.2 Å². The minimum atomic E-state index is -4.28. The molecule has 0 amide bonds. The molecule has 8 heteroatoms. The summed E-state index contributed by atoms with van der Waals surface area (Å²) < 4.78 is 58.9. The van der Waals surface area contributed by atoms with Gasteiger partial charge < -0.3 is 5.32 Å². The molecule has 0 heterocycles. The van der Waals surface area contributed by atoms with Crippen molar-refractivity contribution >= 4 is 21.6 Å². The van der Waals surface area contributed by atoms with Gasteiger partial charge in [-0.1, -0.05) is 19.1 Å². The average molecular weight is 327 g/mol. The van der Waals surface area contributed by atoms with Crippen molar-refractivity contribution in [2.24, 2.45) is 0 Å². The number of rotatable bonds is 7. The number of sulfone groups is 1. The van der Waals surface area contributed by atoms with Crippen LogP contribution >= 0.6 is 11.8 Å². The van der Waals surface area contributed by atoms with Crippen LogP contribution in [0.2, 0.25) is 0 Å². The van der Waals surface area contributed by atoms with E-state index in [1.807, 2.05) is 0 Å². The zero-order valence-electron chi connectivity index (χ0n) is 10.9. The normalized spacial score (nSPS) is 12.6. The minimum Gasteiger partial charge on any atom is -0.312 e. The third-order valence-corrected chi connectivity index (χ3v) is 4.96. The molecule has 0 saturated carbocycles. The van der Waals surface area contributed by atoms with Gasteiger partial charge in [0.05, 0.1) is 5.75 Å². The molecule has 0 saturated heterocycles. The van der Waals surface area contributed by atoms with Crippen LogP contribution in [0.3, 0.4) is 0 Å². The fourth-order valence-electron chi connectivity index (χ4n) is 1.41. The van der Waals surface area contributed by atoms with E-state index in [2.05, 4.69) is 5.32 Å². The maximum absolute atomic E-state index is 12.1. The largest absolute Gasteiger partial charge is 0.446 e. The van der Waals surface area contributed by atoms with Gasteiger partial charge in [0.15, 0.2) is 9.84 Å². The lowest BCUT2D eigenvalue weighted by Gasteiger charge is -2.07. The highest BCUT2D eigenvalue weighted by Gasteiger charge is 2.28. The summed E-state index contributed by atoms with van der Waals surface area (Å²) in [5.74, 6) is 0.170. The SMILES string of the molecule is CCS(=O)(=O)CCNCc1ccc(SC(F)(F)F)cc1. The van der Waals surface area contributed by atoms with Gasteiger partial charge in [-0.25, -0.2) is 8.42 Å². The van der Waals surface area contributed by atoms with E-state index in [1.165, 1.54) is 12.1 Å². The van der Waals surface area contributed by atoms with Gasteiger partial charge in [0, 0.05) is 23.7 Å². The summed E-state index contributed by atoms with van der Waals surface area (Å²) in [5.41, 5.74) is -3.47. The third kappa shape index (κ3) is 7.16. The monoisotopic (exact) mass is 327 g/mol. The Hall–Kier alpha value is -0.730. The molecule has 3 nitrogen and oxygen atoms in total. The summed E-state index contributed by atoms with van der Waals surface area (Å²) in [6.07, 6.45) is 0. The van der Waals surface area contributed by atoms with Crippen LogP contribution in [0.25, 0.3) is 0 Å². The number of thioether (sulfide) groups is 1. The molecule has 0 atom stereocenters. The predicted molar refractivity (Wildman–Crippen MR) is 74.4 cm³/mol. The summed E-state index contributed by atoms with van der Waals surface area (Å²) in [5, 5.41) is 2.95. The summed E-state index contributed by atoms with van der Waals surface area (Å²) in [6.45, 7) is 2.35. The van der Waals surface area contributed by atoms with Crippen LogP contribution < -0.4 is 5.32 Å². The van der Waals surface area contributed by atoms with Crippen molar-refractivity contribution in [3.8, 4) is 0 Å². The first-order valence-corrected chi connectivity index (χ1v) is 8.61. The van der Waals surface area contributed by atoms with E-state index in [0.717, 1.165) is 5.56 Å². The molecule has 0 radical (unpaired) electrons. The van der Waals surface area contributed by atoms with Gasteiger partial charge in [-0.3, -0.25) is 0 Å². The molecule has 20 heavy (non-hydrogen) atoms. The second-order valence-electron chi connectivity index (χ2n) is 4.10. The van der Waals surface area contributed by atoms with Crippen LogP contribution in [0.5, 0.6) is 0 Å². The van der Waals surface area contributed by atoms with E-state index in [1.54, 1.807) is 19.1 Å². The maximum Gasteiger partial charge on any atom is 0.446 e. The van der Waals surface area contributed by atoms with E-state index in [0.29, 0.717) is 13.1 Å². The van der Waals surface area contributed by atoms with Crippen LogP contribution in [0.15, 0.2) is 29.2 Å². The highest BCUT2D eigenvalue weighted by Crippen LogP contribution is 2.36. The van der Waals surface area contributed by atoms with Crippen molar-refractivity contribution in [1.29, 1.82) is 0 Å². The third-order valence-electron chi connectivity index (χ3n) is 2.52. The van der Waals surface area contributed by atoms with Gasteiger partial charge in [0.25, 0.3) is 0 Å². The lowest BCUT2D eigenvalue weighted by molar-refractivity contribution is -0.0328. The van der Waals surface area contributed by atoms with Crippen LogP contribution in [-0.2, 0) is 16.4 Å². The van der Waals surface area contributed by atoms with Gasteiger partial charge in [0.1, 0.15) is 0 Å². The zero-order valence-corrected chi connectivity index (χ0v) is 12.5. The van der Waals surface area contributed by atoms with E-state index >= 15 is 0 Å². The topological polar surface area (TPSA) is 46.2 Å². The first-order chi connectivity index (χ1) is 9.22. The molecular formula is C12H16F3NO2S2. The maximum atomic E-state index is 12.1. The zero-order chi connectivity index (χ0) is 15.2.